The molecule has 0 saturated carbocycles. The Morgan fingerprint density at radius 1 is 0.971 bits per heavy atom. The van der Waals surface area contributed by atoms with Crippen LogP contribution in [0.3, 0.4) is 0 Å². The Kier molecular flexibility index (Phi) is 6.12. The Labute approximate surface area is 205 Å². The highest BCUT2D eigenvalue weighted by molar-refractivity contribution is 6.01. The number of aromatic nitrogens is 2. The lowest BCUT2D eigenvalue weighted by Gasteiger charge is -2.31. The summed E-state index contributed by atoms with van der Waals surface area (Å²) in [6.45, 7) is 4.42. The van der Waals surface area contributed by atoms with Crippen molar-refractivity contribution in [3.63, 3.8) is 0 Å². The van der Waals surface area contributed by atoms with Crippen molar-refractivity contribution in [2.75, 3.05) is 0 Å². The summed E-state index contributed by atoms with van der Waals surface area (Å²) in [4.78, 5) is 33.6. The van der Waals surface area contributed by atoms with E-state index in [-0.39, 0.29) is 23.8 Å². The van der Waals surface area contributed by atoms with Crippen LogP contribution in [0.4, 0.5) is 0 Å². The van der Waals surface area contributed by atoms with Crippen LogP contribution >= 0.6 is 0 Å². The van der Waals surface area contributed by atoms with Crippen LogP contribution in [0, 0.1) is 5.92 Å². The third kappa shape index (κ3) is 4.32. The van der Waals surface area contributed by atoms with Gasteiger partial charge in [-0.15, -0.1) is 0 Å². The number of imidazole rings is 1. The molecule has 1 aromatic heterocycles. The van der Waals surface area contributed by atoms with Crippen LogP contribution in [0.5, 0.6) is 0 Å². The zero-order valence-corrected chi connectivity index (χ0v) is 20.3. The quantitative estimate of drug-likeness (QED) is 0.431. The predicted molar refractivity (Wildman–Crippen MR) is 137 cm³/mol. The Morgan fingerprint density at radius 2 is 1.66 bits per heavy atom. The fourth-order valence-electron chi connectivity index (χ4n) is 5.10. The van der Waals surface area contributed by atoms with E-state index in [1.807, 2.05) is 92.2 Å². The molecule has 1 aliphatic rings. The summed E-state index contributed by atoms with van der Waals surface area (Å²) < 4.78 is 2.05. The molecule has 1 N–H and O–H groups in total. The van der Waals surface area contributed by atoms with E-state index in [9.17, 15) is 9.59 Å². The summed E-state index contributed by atoms with van der Waals surface area (Å²) in [5.41, 5.74) is 4.66. The van der Waals surface area contributed by atoms with Crippen LogP contribution < -0.4 is 5.32 Å². The van der Waals surface area contributed by atoms with Crippen LogP contribution in [0.15, 0.2) is 78.9 Å². The number of carbonyl (C=O) groups excluding carboxylic acids is 2. The maximum Gasteiger partial charge on any atom is 0.255 e. The molecule has 0 bridgehead atoms. The zero-order valence-electron chi connectivity index (χ0n) is 20.3. The number of nitrogens with zero attached hydrogens (tertiary/aromatic N) is 3. The zero-order chi connectivity index (χ0) is 24.5. The molecule has 2 heterocycles. The molecular weight excluding hydrogens is 436 g/mol. The van der Waals surface area contributed by atoms with Crippen LogP contribution in [0.2, 0.25) is 0 Å². The molecule has 5 rings (SSSR count). The largest absolute Gasteiger partial charge is 0.344 e. The number of rotatable bonds is 7. The lowest BCUT2D eigenvalue weighted by atomic mass is 9.99. The van der Waals surface area contributed by atoms with Crippen LogP contribution in [-0.2, 0) is 24.8 Å². The van der Waals surface area contributed by atoms with Gasteiger partial charge in [0.1, 0.15) is 11.9 Å². The first-order chi connectivity index (χ1) is 16.9. The number of hydrogen-bond acceptors (Lipinski definition) is 3. The fourth-order valence-corrected chi connectivity index (χ4v) is 5.10. The summed E-state index contributed by atoms with van der Waals surface area (Å²) in [6.07, 6.45) is 0.600. The van der Waals surface area contributed by atoms with Crippen LogP contribution in [-0.4, -0.2) is 32.3 Å². The highest BCUT2D eigenvalue weighted by atomic mass is 16.2. The topological polar surface area (TPSA) is 67.2 Å². The Balaban J connectivity index is 1.47. The van der Waals surface area contributed by atoms with Crippen LogP contribution in [0.1, 0.15) is 47.2 Å². The average Bonchev–Trinajstić information content (AvgIpc) is 3.36. The molecule has 2 amide bonds. The summed E-state index contributed by atoms with van der Waals surface area (Å²) in [7, 11) is 1.98. The SMILES string of the molecule is CC(C)[C@@H](C(=O)N[C@H](Cc1ccccc1)c1nc2ccccc2n1C)N1Cc2ccccc2C1=O. The van der Waals surface area contributed by atoms with Gasteiger partial charge in [0.2, 0.25) is 5.91 Å². The van der Waals surface area contributed by atoms with Crippen molar-refractivity contribution < 1.29 is 9.59 Å². The molecule has 3 aromatic carbocycles. The van der Waals surface area contributed by atoms with Crippen molar-refractivity contribution in [3.8, 4) is 0 Å². The molecule has 0 fully saturated rings. The molecule has 2 atom stereocenters. The first-order valence-electron chi connectivity index (χ1n) is 12.1. The smallest absolute Gasteiger partial charge is 0.255 e. The van der Waals surface area contributed by atoms with Crippen molar-refractivity contribution in [3.05, 3.63) is 101 Å². The number of para-hydroxylation sites is 2. The minimum Gasteiger partial charge on any atom is -0.344 e. The molecule has 0 spiro atoms. The molecule has 0 radical (unpaired) electrons. The van der Waals surface area contributed by atoms with Crippen molar-refractivity contribution in [2.45, 2.75) is 38.9 Å². The normalized spacial score (nSPS) is 14.9. The number of carbonyl (C=O) groups is 2. The van der Waals surface area contributed by atoms with Crippen molar-refractivity contribution in [2.24, 2.45) is 13.0 Å². The van der Waals surface area contributed by atoms with E-state index >= 15 is 0 Å². The summed E-state index contributed by atoms with van der Waals surface area (Å²) in [5.74, 6) is 0.499. The highest BCUT2D eigenvalue weighted by Crippen LogP contribution is 2.28. The second kappa shape index (κ2) is 9.37. The van der Waals surface area contributed by atoms with Crippen molar-refractivity contribution in [1.29, 1.82) is 0 Å². The van der Waals surface area contributed by atoms with E-state index in [2.05, 4.69) is 17.4 Å². The number of hydrogen-bond donors (Lipinski definition) is 1. The van der Waals surface area contributed by atoms with E-state index in [1.54, 1.807) is 4.90 Å². The van der Waals surface area contributed by atoms with E-state index in [0.29, 0.717) is 18.5 Å². The van der Waals surface area contributed by atoms with Crippen molar-refractivity contribution in [1.82, 2.24) is 19.8 Å². The van der Waals surface area contributed by atoms with Gasteiger partial charge in [0, 0.05) is 19.2 Å². The van der Waals surface area contributed by atoms with Gasteiger partial charge in [-0.2, -0.15) is 0 Å². The van der Waals surface area contributed by atoms with Gasteiger partial charge in [-0.3, -0.25) is 9.59 Å². The maximum absolute atomic E-state index is 13.8. The van der Waals surface area contributed by atoms with Gasteiger partial charge in [0.05, 0.1) is 17.1 Å². The molecule has 0 aliphatic carbocycles. The number of aryl methyl sites for hydroxylation is 1. The molecule has 6 heteroatoms. The van der Waals surface area contributed by atoms with Crippen molar-refractivity contribution >= 4 is 22.8 Å². The van der Waals surface area contributed by atoms with Gasteiger partial charge < -0.3 is 14.8 Å². The highest BCUT2D eigenvalue weighted by Gasteiger charge is 2.39. The molecule has 178 valence electrons. The second-order valence-corrected chi connectivity index (χ2v) is 9.55. The number of nitrogens with one attached hydrogen (secondary N) is 1. The number of amides is 2. The van der Waals surface area contributed by atoms with Gasteiger partial charge in [0.25, 0.3) is 5.91 Å². The second-order valence-electron chi connectivity index (χ2n) is 9.55. The Morgan fingerprint density at radius 3 is 2.37 bits per heavy atom. The first kappa shape index (κ1) is 22.8. The Bertz CT molecular complexity index is 1380. The van der Waals surface area contributed by atoms with Gasteiger partial charge in [-0.1, -0.05) is 74.5 Å². The molecule has 1 aliphatic heterocycles. The lowest BCUT2D eigenvalue weighted by Crippen LogP contribution is -2.51. The minimum atomic E-state index is -0.581. The molecule has 0 saturated heterocycles. The Hall–Kier alpha value is -3.93. The third-order valence-electron chi connectivity index (χ3n) is 6.82. The summed E-state index contributed by atoms with van der Waals surface area (Å²) in [5, 5.41) is 3.27. The minimum absolute atomic E-state index is 0.0499. The van der Waals surface area contributed by atoms with E-state index in [1.165, 1.54) is 0 Å². The monoisotopic (exact) mass is 466 g/mol. The molecule has 4 aromatic rings. The average molecular weight is 467 g/mol. The first-order valence-corrected chi connectivity index (χ1v) is 12.1. The molecular formula is C29H30N4O2. The van der Waals surface area contributed by atoms with E-state index in [4.69, 9.17) is 4.98 Å². The third-order valence-corrected chi connectivity index (χ3v) is 6.82. The number of fused-ring (bicyclic) bond motifs is 2. The molecule has 35 heavy (non-hydrogen) atoms. The maximum atomic E-state index is 13.8. The van der Waals surface area contributed by atoms with Gasteiger partial charge in [-0.05, 0) is 41.7 Å². The fraction of sp³-hybridized carbons (Fsp3) is 0.276. The molecule has 0 unspecified atom stereocenters. The standard InChI is InChI=1S/C29H30N4O2/c1-19(2)26(33-18-21-13-7-8-14-22(21)29(33)35)28(34)31-24(17-20-11-5-4-6-12-20)27-30-23-15-9-10-16-25(23)32(27)3/h4-16,19,24,26H,17-18H2,1-3H3,(H,31,34)/t24-,26+/m1/s1. The van der Waals surface area contributed by atoms with Gasteiger partial charge in [0.15, 0.2) is 0 Å². The summed E-state index contributed by atoms with van der Waals surface area (Å²) in [6, 6.07) is 24.7. The van der Waals surface area contributed by atoms with E-state index < -0.39 is 6.04 Å². The molecule has 6 nitrogen and oxygen atoms in total. The predicted octanol–water partition coefficient (Wildman–Crippen LogP) is 4.65. The lowest BCUT2D eigenvalue weighted by molar-refractivity contribution is -0.128. The van der Waals surface area contributed by atoms with Gasteiger partial charge in [-0.25, -0.2) is 4.98 Å². The summed E-state index contributed by atoms with van der Waals surface area (Å²) >= 11 is 0. The van der Waals surface area contributed by atoms with E-state index in [0.717, 1.165) is 28.0 Å². The van der Waals surface area contributed by atoms with Crippen LogP contribution in [0.25, 0.3) is 11.0 Å². The number of benzene rings is 3. The van der Waals surface area contributed by atoms with Gasteiger partial charge >= 0.3 is 0 Å².